The molecule has 1 unspecified atom stereocenters. The summed E-state index contributed by atoms with van der Waals surface area (Å²) in [6.45, 7) is 5.40. The van der Waals surface area contributed by atoms with E-state index in [1.54, 1.807) is 0 Å². The highest BCUT2D eigenvalue weighted by Crippen LogP contribution is 2.33. The number of hydrogen-bond acceptors (Lipinski definition) is 3. The van der Waals surface area contributed by atoms with Gasteiger partial charge in [0.1, 0.15) is 6.04 Å². The van der Waals surface area contributed by atoms with Gasteiger partial charge in [0.15, 0.2) is 0 Å². The fraction of sp³-hybridized carbons (Fsp3) is 0.462. The molecule has 0 saturated carbocycles. The van der Waals surface area contributed by atoms with Crippen molar-refractivity contribution in [2.75, 3.05) is 23.7 Å². The molecule has 1 aliphatic rings. The summed E-state index contributed by atoms with van der Waals surface area (Å²) in [5.41, 5.74) is 9.04. The van der Waals surface area contributed by atoms with E-state index in [0.717, 1.165) is 24.3 Å². The summed E-state index contributed by atoms with van der Waals surface area (Å²) in [7, 11) is 0. The van der Waals surface area contributed by atoms with Crippen LogP contribution in [0.4, 0.5) is 11.4 Å². The van der Waals surface area contributed by atoms with Crippen LogP contribution >= 0.6 is 0 Å². The minimum Gasteiger partial charge on any atom is -0.398 e. The third-order valence-corrected chi connectivity index (χ3v) is 3.30. The van der Waals surface area contributed by atoms with E-state index >= 15 is 0 Å². The number of fused-ring (bicyclic) bond motifs is 1. The molecule has 0 aliphatic carbocycles. The van der Waals surface area contributed by atoms with E-state index in [1.165, 1.54) is 5.56 Å². The predicted molar refractivity (Wildman–Crippen MR) is 70.1 cm³/mol. The van der Waals surface area contributed by atoms with Gasteiger partial charge in [0.25, 0.3) is 0 Å². The number of nitrogens with zero attached hydrogens (tertiary/aromatic N) is 1. The quantitative estimate of drug-likeness (QED) is 0.770. The minimum absolute atomic E-state index is 0.0720. The van der Waals surface area contributed by atoms with Crippen LogP contribution in [-0.4, -0.2) is 25.0 Å². The van der Waals surface area contributed by atoms with Crippen molar-refractivity contribution in [2.45, 2.75) is 26.3 Å². The molecule has 0 fully saturated rings. The molecule has 1 heterocycles. The van der Waals surface area contributed by atoms with E-state index < -0.39 is 0 Å². The molecule has 1 aromatic rings. The lowest BCUT2D eigenvalue weighted by atomic mass is 10.1. The Morgan fingerprint density at radius 1 is 1.59 bits per heavy atom. The van der Waals surface area contributed by atoms with Gasteiger partial charge in [0.2, 0.25) is 5.91 Å². The highest BCUT2D eigenvalue weighted by molar-refractivity contribution is 5.86. The Morgan fingerprint density at radius 3 is 3.06 bits per heavy atom. The normalized spacial score (nSPS) is 15.5. The number of carbonyl (C=O) groups is 1. The molecule has 0 bridgehead atoms. The minimum atomic E-state index is -0.141. The second-order valence-electron chi connectivity index (χ2n) is 4.36. The molecule has 92 valence electrons. The summed E-state index contributed by atoms with van der Waals surface area (Å²) in [5, 5.41) is 2.86. The van der Waals surface area contributed by atoms with Gasteiger partial charge in [-0.3, -0.25) is 4.79 Å². The van der Waals surface area contributed by atoms with Gasteiger partial charge in [-0.1, -0.05) is 6.07 Å². The molecular weight excluding hydrogens is 214 g/mol. The molecule has 1 aliphatic heterocycles. The Morgan fingerprint density at radius 2 is 2.35 bits per heavy atom. The maximum Gasteiger partial charge on any atom is 0.242 e. The standard InChI is InChI=1S/C13H19N3O/c1-3-15-13(17)9(2)16-8-7-10-11(14)5-4-6-12(10)16/h4-6,9H,3,7-8,14H2,1-2H3,(H,15,17). The number of anilines is 2. The maximum atomic E-state index is 11.8. The number of hydrogen-bond donors (Lipinski definition) is 2. The van der Waals surface area contributed by atoms with E-state index in [-0.39, 0.29) is 11.9 Å². The van der Waals surface area contributed by atoms with Crippen LogP contribution in [0.3, 0.4) is 0 Å². The molecule has 17 heavy (non-hydrogen) atoms. The van der Waals surface area contributed by atoms with Crippen LogP contribution in [-0.2, 0) is 11.2 Å². The van der Waals surface area contributed by atoms with Crippen molar-refractivity contribution < 1.29 is 4.79 Å². The Balaban J connectivity index is 2.22. The zero-order valence-corrected chi connectivity index (χ0v) is 10.4. The highest BCUT2D eigenvalue weighted by atomic mass is 16.2. The van der Waals surface area contributed by atoms with Gasteiger partial charge >= 0.3 is 0 Å². The van der Waals surface area contributed by atoms with Gasteiger partial charge in [-0.05, 0) is 32.4 Å². The Labute approximate surface area is 102 Å². The summed E-state index contributed by atoms with van der Waals surface area (Å²) >= 11 is 0. The molecule has 0 spiro atoms. The number of rotatable bonds is 3. The fourth-order valence-corrected chi connectivity index (χ4v) is 2.35. The number of nitrogen functional groups attached to an aromatic ring is 1. The summed E-state index contributed by atoms with van der Waals surface area (Å²) in [6, 6.07) is 5.75. The summed E-state index contributed by atoms with van der Waals surface area (Å²) in [5.74, 6) is 0.0720. The molecule has 2 rings (SSSR count). The zero-order valence-electron chi connectivity index (χ0n) is 10.4. The van der Waals surface area contributed by atoms with Gasteiger partial charge in [-0.15, -0.1) is 0 Å². The number of nitrogens with two attached hydrogens (primary N) is 1. The highest BCUT2D eigenvalue weighted by Gasteiger charge is 2.28. The molecule has 1 aromatic carbocycles. The zero-order chi connectivity index (χ0) is 12.4. The van der Waals surface area contributed by atoms with E-state index in [2.05, 4.69) is 10.2 Å². The molecule has 4 nitrogen and oxygen atoms in total. The summed E-state index contributed by atoms with van der Waals surface area (Å²) < 4.78 is 0. The van der Waals surface area contributed by atoms with Crippen molar-refractivity contribution in [2.24, 2.45) is 0 Å². The molecular formula is C13H19N3O. The third kappa shape index (κ3) is 2.07. The SMILES string of the molecule is CCNC(=O)C(C)N1CCc2c(N)cccc21. The number of carbonyl (C=O) groups excluding carboxylic acids is 1. The van der Waals surface area contributed by atoms with Crippen molar-refractivity contribution >= 4 is 17.3 Å². The molecule has 1 atom stereocenters. The summed E-state index contributed by atoms with van der Waals surface area (Å²) in [6.07, 6.45) is 0.922. The van der Waals surface area contributed by atoms with Crippen LogP contribution < -0.4 is 16.0 Å². The lowest BCUT2D eigenvalue weighted by Gasteiger charge is -2.26. The van der Waals surface area contributed by atoms with Gasteiger partial charge in [0, 0.05) is 30.0 Å². The molecule has 1 amide bonds. The number of likely N-dealkylation sites (N-methyl/N-ethyl adjacent to an activating group) is 1. The van der Waals surface area contributed by atoms with Crippen molar-refractivity contribution in [3.63, 3.8) is 0 Å². The Kier molecular flexibility index (Phi) is 3.22. The lowest BCUT2D eigenvalue weighted by molar-refractivity contribution is -0.121. The fourth-order valence-electron chi connectivity index (χ4n) is 2.35. The lowest BCUT2D eigenvalue weighted by Crippen LogP contribution is -2.44. The Hall–Kier alpha value is -1.71. The van der Waals surface area contributed by atoms with Crippen LogP contribution in [0.15, 0.2) is 18.2 Å². The molecule has 0 radical (unpaired) electrons. The van der Waals surface area contributed by atoms with E-state index in [9.17, 15) is 4.79 Å². The van der Waals surface area contributed by atoms with Crippen molar-refractivity contribution in [3.05, 3.63) is 23.8 Å². The van der Waals surface area contributed by atoms with Crippen LogP contribution in [0.1, 0.15) is 19.4 Å². The van der Waals surface area contributed by atoms with Gasteiger partial charge in [-0.25, -0.2) is 0 Å². The first kappa shape index (κ1) is 11.8. The Bertz CT molecular complexity index is 431. The van der Waals surface area contributed by atoms with Crippen LogP contribution in [0.5, 0.6) is 0 Å². The van der Waals surface area contributed by atoms with E-state index in [4.69, 9.17) is 5.73 Å². The van der Waals surface area contributed by atoms with Crippen molar-refractivity contribution in [3.8, 4) is 0 Å². The smallest absolute Gasteiger partial charge is 0.242 e. The topological polar surface area (TPSA) is 58.4 Å². The van der Waals surface area contributed by atoms with E-state index in [0.29, 0.717) is 6.54 Å². The first-order chi connectivity index (χ1) is 8.15. The van der Waals surface area contributed by atoms with Gasteiger partial charge < -0.3 is 16.0 Å². The maximum absolute atomic E-state index is 11.8. The van der Waals surface area contributed by atoms with Crippen LogP contribution in [0.25, 0.3) is 0 Å². The number of nitrogens with one attached hydrogen (secondary N) is 1. The van der Waals surface area contributed by atoms with Crippen LogP contribution in [0.2, 0.25) is 0 Å². The van der Waals surface area contributed by atoms with Gasteiger partial charge in [-0.2, -0.15) is 0 Å². The van der Waals surface area contributed by atoms with Crippen molar-refractivity contribution in [1.29, 1.82) is 0 Å². The monoisotopic (exact) mass is 233 g/mol. The summed E-state index contributed by atoms with van der Waals surface area (Å²) in [4.78, 5) is 14.0. The molecule has 0 saturated heterocycles. The largest absolute Gasteiger partial charge is 0.398 e. The average Bonchev–Trinajstić information content (AvgIpc) is 2.73. The van der Waals surface area contributed by atoms with E-state index in [1.807, 2.05) is 32.0 Å². The second-order valence-corrected chi connectivity index (χ2v) is 4.36. The van der Waals surface area contributed by atoms with Crippen LogP contribution in [0, 0.1) is 0 Å². The third-order valence-electron chi connectivity index (χ3n) is 3.30. The second kappa shape index (κ2) is 4.65. The molecule has 3 N–H and O–H groups in total. The molecule has 4 heteroatoms. The van der Waals surface area contributed by atoms with Gasteiger partial charge in [0.05, 0.1) is 0 Å². The number of amides is 1. The first-order valence-corrected chi connectivity index (χ1v) is 6.07. The number of benzene rings is 1. The van der Waals surface area contributed by atoms with Crippen molar-refractivity contribution in [1.82, 2.24) is 5.32 Å². The first-order valence-electron chi connectivity index (χ1n) is 6.07. The predicted octanol–water partition coefficient (Wildman–Crippen LogP) is 1.16. The molecule has 0 aromatic heterocycles. The average molecular weight is 233 g/mol.